The van der Waals surface area contributed by atoms with Crippen molar-refractivity contribution in [2.45, 2.75) is 27.3 Å². The lowest BCUT2D eigenvalue weighted by Gasteiger charge is -2.11. The molecule has 30 heavy (non-hydrogen) atoms. The Morgan fingerprint density at radius 3 is 2.33 bits per heavy atom. The van der Waals surface area contributed by atoms with E-state index < -0.39 is 0 Å². The van der Waals surface area contributed by atoms with Crippen molar-refractivity contribution in [3.8, 4) is 0 Å². The van der Waals surface area contributed by atoms with Crippen LogP contribution < -0.4 is 5.43 Å². The van der Waals surface area contributed by atoms with Crippen molar-refractivity contribution in [1.29, 1.82) is 0 Å². The van der Waals surface area contributed by atoms with E-state index in [4.69, 9.17) is 0 Å². The number of benzene rings is 3. The number of carbonyl (C=O) groups is 1. The van der Waals surface area contributed by atoms with Gasteiger partial charge in [-0.15, -0.1) is 0 Å². The minimum absolute atomic E-state index is 0.203. The van der Waals surface area contributed by atoms with Crippen LogP contribution in [-0.2, 0) is 6.54 Å². The summed E-state index contributed by atoms with van der Waals surface area (Å²) in [6.45, 7) is 6.95. The van der Waals surface area contributed by atoms with E-state index in [0.29, 0.717) is 5.56 Å². The third-order valence-electron chi connectivity index (χ3n) is 5.62. The Labute approximate surface area is 176 Å². The van der Waals surface area contributed by atoms with E-state index in [2.05, 4.69) is 71.4 Å². The van der Waals surface area contributed by atoms with Crippen LogP contribution in [0.25, 0.3) is 10.9 Å². The summed E-state index contributed by atoms with van der Waals surface area (Å²) in [6, 6.07) is 24.3. The van der Waals surface area contributed by atoms with E-state index in [0.717, 1.165) is 34.3 Å². The zero-order chi connectivity index (χ0) is 21.1. The summed E-state index contributed by atoms with van der Waals surface area (Å²) in [5.74, 6) is -0.203. The second-order valence-electron chi connectivity index (χ2n) is 7.54. The second kappa shape index (κ2) is 8.37. The van der Waals surface area contributed by atoms with Crippen LogP contribution in [0.4, 0.5) is 0 Å². The van der Waals surface area contributed by atoms with Crippen LogP contribution in [0.1, 0.15) is 38.3 Å². The second-order valence-corrected chi connectivity index (χ2v) is 7.54. The summed E-state index contributed by atoms with van der Waals surface area (Å²) >= 11 is 0. The van der Waals surface area contributed by atoms with Crippen LogP contribution in [-0.4, -0.2) is 16.7 Å². The molecular weight excluding hydrogens is 370 g/mol. The molecule has 4 aromatic rings. The van der Waals surface area contributed by atoms with Crippen molar-refractivity contribution < 1.29 is 4.79 Å². The average Bonchev–Trinajstić information content (AvgIpc) is 3.01. The fourth-order valence-corrected chi connectivity index (χ4v) is 3.83. The normalized spacial score (nSPS) is 11.3. The Morgan fingerprint density at radius 2 is 1.57 bits per heavy atom. The van der Waals surface area contributed by atoms with Gasteiger partial charge in [0, 0.05) is 34.3 Å². The van der Waals surface area contributed by atoms with Crippen LogP contribution in [0.5, 0.6) is 0 Å². The molecule has 150 valence electrons. The first-order valence-corrected chi connectivity index (χ1v) is 10.1. The molecule has 4 rings (SSSR count). The highest BCUT2D eigenvalue weighted by atomic mass is 16.2. The van der Waals surface area contributed by atoms with E-state index in [-0.39, 0.29) is 5.91 Å². The number of hydrazone groups is 1. The molecule has 1 amide bonds. The molecule has 0 aliphatic carbocycles. The van der Waals surface area contributed by atoms with Gasteiger partial charge in [-0.2, -0.15) is 5.10 Å². The number of amides is 1. The number of nitrogens with zero attached hydrogens (tertiary/aromatic N) is 2. The van der Waals surface area contributed by atoms with Gasteiger partial charge < -0.3 is 4.57 Å². The summed E-state index contributed by atoms with van der Waals surface area (Å²) in [5.41, 5.74) is 10.1. The van der Waals surface area contributed by atoms with E-state index >= 15 is 0 Å². The molecule has 1 heterocycles. The molecular formula is C26H25N3O. The number of para-hydroxylation sites is 1. The average molecular weight is 396 g/mol. The minimum Gasteiger partial charge on any atom is -0.340 e. The Morgan fingerprint density at radius 1 is 0.900 bits per heavy atom. The molecule has 0 saturated heterocycles. The van der Waals surface area contributed by atoms with Crippen molar-refractivity contribution in [2.24, 2.45) is 5.10 Å². The molecule has 0 saturated carbocycles. The Bertz CT molecular complexity index is 1250. The van der Waals surface area contributed by atoms with Gasteiger partial charge >= 0.3 is 0 Å². The standard InChI is InChI=1S/C26H25N3O/c1-18-10-4-6-12-21(18)17-29-20(3)24(23-14-8-9-15-25(23)29)16-27-28-26(30)22-13-7-5-11-19(22)2/h4-16H,17H2,1-3H3,(H,28,30)/b27-16+. The third kappa shape index (κ3) is 3.77. The summed E-state index contributed by atoms with van der Waals surface area (Å²) in [5, 5.41) is 5.39. The zero-order valence-corrected chi connectivity index (χ0v) is 17.5. The molecule has 3 aromatic carbocycles. The molecule has 0 unspecified atom stereocenters. The molecule has 0 fully saturated rings. The van der Waals surface area contributed by atoms with Gasteiger partial charge in [-0.05, 0) is 49.6 Å². The molecule has 0 aliphatic rings. The predicted molar refractivity (Wildman–Crippen MR) is 123 cm³/mol. The van der Waals surface area contributed by atoms with Gasteiger partial charge in [0.15, 0.2) is 0 Å². The number of carbonyl (C=O) groups excluding carboxylic acids is 1. The molecule has 0 bridgehead atoms. The number of nitrogens with one attached hydrogen (secondary N) is 1. The highest BCUT2D eigenvalue weighted by molar-refractivity contribution is 6.02. The number of hydrogen-bond donors (Lipinski definition) is 1. The Kier molecular flexibility index (Phi) is 5.48. The Balaban J connectivity index is 1.65. The van der Waals surface area contributed by atoms with Crippen LogP contribution in [0.2, 0.25) is 0 Å². The van der Waals surface area contributed by atoms with Crippen molar-refractivity contribution in [2.75, 3.05) is 0 Å². The van der Waals surface area contributed by atoms with E-state index in [1.54, 1.807) is 12.3 Å². The first kappa shape index (κ1) is 19.6. The van der Waals surface area contributed by atoms with Gasteiger partial charge in [0.05, 0.1) is 6.21 Å². The highest BCUT2D eigenvalue weighted by Crippen LogP contribution is 2.26. The fraction of sp³-hybridized carbons (Fsp3) is 0.154. The van der Waals surface area contributed by atoms with Crippen LogP contribution in [0, 0.1) is 20.8 Å². The van der Waals surface area contributed by atoms with Gasteiger partial charge in [-0.3, -0.25) is 4.79 Å². The van der Waals surface area contributed by atoms with Gasteiger partial charge in [0.2, 0.25) is 0 Å². The predicted octanol–water partition coefficient (Wildman–Crippen LogP) is 5.38. The monoisotopic (exact) mass is 395 g/mol. The smallest absolute Gasteiger partial charge is 0.271 e. The number of rotatable bonds is 5. The first-order valence-electron chi connectivity index (χ1n) is 10.1. The molecule has 4 nitrogen and oxygen atoms in total. The maximum atomic E-state index is 12.5. The molecule has 0 radical (unpaired) electrons. The third-order valence-corrected chi connectivity index (χ3v) is 5.62. The maximum Gasteiger partial charge on any atom is 0.271 e. The largest absolute Gasteiger partial charge is 0.340 e. The van der Waals surface area contributed by atoms with Gasteiger partial charge in [-0.1, -0.05) is 60.7 Å². The number of fused-ring (bicyclic) bond motifs is 1. The highest BCUT2D eigenvalue weighted by Gasteiger charge is 2.13. The van der Waals surface area contributed by atoms with Crippen molar-refractivity contribution in [1.82, 2.24) is 9.99 Å². The molecule has 1 aromatic heterocycles. The molecule has 1 N–H and O–H groups in total. The lowest BCUT2D eigenvalue weighted by molar-refractivity contribution is 0.0954. The molecule has 4 heteroatoms. The van der Waals surface area contributed by atoms with Crippen LogP contribution in [0.15, 0.2) is 77.9 Å². The molecule has 0 atom stereocenters. The zero-order valence-electron chi connectivity index (χ0n) is 17.5. The first-order chi connectivity index (χ1) is 14.6. The number of aryl methyl sites for hydroxylation is 2. The fourth-order valence-electron chi connectivity index (χ4n) is 3.83. The van der Waals surface area contributed by atoms with E-state index in [1.165, 1.54) is 11.1 Å². The Hall–Kier alpha value is -3.66. The van der Waals surface area contributed by atoms with Crippen LogP contribution >= 0.6 is 0 Å². The van der Waals surface area contributed by atoms with E-state index in [9.17, 15) is 4.79 Å². The molecule has 0 aliphatic heterocycles. The molecule has 0 spiro atoms. The van der Waals surface area contributed by atoms with Crippen LogP contribution in [0.3, 0.4) is 0 Å². The SMILES string of the molecule is Cc1ccccc1Cn1c(C)c(/C=N/NC(=O)c2ccccc2C)c2ccccc21. The number of hydrogen-bond acceptors (Lipinski definition) is 2. The van der Waals surface area contributed by atoms with Gasteiger partial charge in [0.1, 0.15) is 0 Å². The summed E-state index contributed by atoms with van der Waals surface area (Å²) in [6.07, 6.45) is 1.75. The lowest BCUT2D eigenvalue weighted by Crippen LogP contribution is -2.18. The van der Waals surface area contributed by atoms with E-state index in [1.807, 2.05) is 31.2 Å². The quantitative estimate of drug-likeness (QED) is 0.358. The maximum absolute atomic E-state index is 12.5. The van der Waals surface area contributed by atoms with Crippen molar-refractivity contribution in [3.05, 3.63) is 106 Å². The van der Waals surface area contributed by atoms with Gasteiger partial charge in [0.25, 0.3) is 5.91 Å². The lowest BCUT2D eigenvalue weighted by atomic mass is 10.1. The summed E-state index contributed by atoms with van der Waals surface area (Å²) in [4.78, 5) is 12.5. The van der Waals surface area contributed by atoms with Crippen molar-refractivity contribution in [3.63, 3.8) is 0 Å². The topological polar surface area (TPSA) is 46.4 Å². The van der Waals surface area contributed by atoms with Crippen molar-refractivity contribution >= 4 is 23.0 Å². The number of aromatic nitrogens is 1. The summed E-state index contributed by atoms with van der Waals surface area (Å²) < 4.78 is 2.31. The minimum atomic E-state index is -0.203. The van der Waals surface area contributed by atoms with Gasteiger partial charge in [-0.25, -0.2) is 5.43 Å². The summed E-state index contributed by atoms with van der Waals surface area (Å²) in [7, 11) is 0.